The number of hydrogen-bond donors (Lipinski definition) is 2. The number of pyridine rings is 1. The minimum absolute atomic E-state index is 0.00991. The topological polar surface area (TPSA) is 74.8 Å². The highest BCUT2D eigenvalue weighted by atomic mass is 16.4. The van der Waals surface area contributed by atoms with Crippen LogP contribution in [0.25, 0.3) is 5.65 Å². The maximum absolute atomic E-state index is 10.8. The third-order valence-corrected chi connectivity index (χ3v) is 2.40. The lowest BCUT2D eigenvalue weighted by Crippen LogP contribution is -2.37. The average Bonchev–Trinajstić information content (AvgIpc) is 2.58. The summed E-state index contributed by atoms with van der Waals surface area (Å²) in [7, 11) is 0. The molecule has 0 aliphatic carbocycles. The van der Waals surface area contributed by atoms with Gasteiger partial charge in [-0.3, -0.25) is 0 Å². The first-order chi connectivity index (χ1) is 7.49. The first-order valence-corrected chi connectivity index (χ1v) is 4.87. The molecule has 0 saturated heterocycles. The number of aliphatic hydroxyl groups is 1. The molecule has 0 aromatic carbocycles. The van der Waals surface area contributed by atoms with E-state index >= 15 is 0 Å². The second-order valence-electron chi connectivity index (χ2n) is 3.95. The van der Waals surface area contributed by atoms with Crippen LogP contribution in [0.4, 0.5) is 0 Å². The predicted molar refractivity (Wildman–Crippen MR) is 57.2 cm³/mol. The smallest absolute Gasteiger partial charge is 0.335 e. The standard InChI is InChI=1S/C11H12N2O3/c1-11(16,10(14)15)6-8-7-13-5-3-2-4-9(13)12-8/h2-5,7,16H,6H2,1H3,(H,14,15). The summed E-state index contributed by atoms with van der Waals surface area (Å²) in [5.41, 5.74) is -0.491. The first-order valence-electron chi connectivity index (χ1n) is 4.87. The molecule has 2 heterocycles. The van der Waals surface area contributed by atoms with Crippen LogP contribution < -0.4 is 0 Å². The summed E-state index contributed by atoms with van der Waals surface area (Å²) in [4.78, 5) is 15.0. The Morgan fingerprint density at radius 3 is 2.94 bits per heavy atom. The van der Waals surface area contributed by atoms with E-state index in [4.69, 9.17) is 5.11 Å². The molecule has 1 atom stereocenters. The fourth-order valence-corrected chi connectivity index (χ4v) is 1.50. The fraction of sp³-hybridized carbons (Fsp3) is 0.273. The maximum atomic E-state index is 10.8. The van der Waals surface area contributed by atoms with E-state index in [1.54, 1.807) is 10.6 Å². The zero-order valence-corrected chi connectivity index (χ0v) is 8.79. The molecule has 0 aliphatic heterocycles. The Hall–Kier alpha value is -1.88. The van der Waals surface area contributed by atoms with Gasteiger partial charge in [0.05, 0.1) is 5.69 Å². The van der Waals surface area contributed by atoms with Gasteiger partial charge in [-0.25, -0.2) is 9.78 Å². The Balaban J connectivity index is 2.32. The molecule has 0 aliphatic rings. The molecular formula is C11H12N2O3. The van der Waals surface area contributed by atoms with E-state index in [-0.39, 0.29) is 6.42 Å². The zero-order chi connectivity index (χ0) is 11.8. The lowest BCUT2D eigenvalue weighted by Gasteiger charge is -2.15. The van der Waals surface area contributed by atoms with Crippen molar-refractivity contribution in [2.24, 2.45) is 0 Å². The van der Waals surface area contributed by atoms with Crippen molar-refractivity contribution < 1.29 is 15.0 Å². The Bertz CT molecular complexity index is 498. The molecule has 1 unspecified atom stereocenters. The molecule has 2 aromatic rings. The number of nitrogens with zero attached hydrogens (tertiary/aromatic N) is 2. The molecule has 16 heavy (non-hydrogen) atoms. The van der Waals surface area contributed by atoms with E-state index in [2.05, 4.69) is 4.98 Å². The quantitative estimate of drug-likeness (QED) is 0.799. The molecule has 0 radical (unpaired) electrons. The highest BCUT2D eigenvalue weighted by Crippen LogP contribution is 2.13. The predicted octanol–water partition coefficient (Wildman–Crippen LogP) is 0.712. The lowest BCUT2D eigenvalue weighted by atomic mass is 10.0. The van der Waals surface area contributed by atoms with Gasteiger partial charge in [0.1, 0.15) is 5.65 Å². The van der Waals surface area contributed by atoms with Crippen molar-refractivity contribution in [2.75, 3.05) is 0 Å². The number of rotatable bonds is 3. The van der Waals surface area contributed by atoms with Gasteiger partial charge in [-0.05, 0) is 19.1 Å². The summed E-state index contributed by atoms with van der Waals surface area (Å²) >= 11 is 0. The third-order valence-electron chi connectivity index (χ3n) is 2.40. The first kappa shape index (κ1) is 10.6. The van der Waals surface area contributed by atoms with E-state index in [0.717, 1.165) is 5.65 Å². The number of carbonyl (C=O) groups is 1. The number of aliphatic carboxylic acids is 1. The van der Waals surface area contributed by atoms with Crippen LogP contribution in [-0.2, 0) is 11.2 Å². The van der Waals surface area contributed by atoms with Crippen LogP contribution in [0.1, 0.15) is 12.6 Å². The molecule has 0 spiro atoms. The highest BCUT2D eigenvalue weighted by molar-refractivity contribution is 5.76. The Labute approximate surface area is 92.0 Å². The highest BCUT2D eigenvalue weighted by Gasteiger charge is 2.31. The molecule has 0 saturated carbocycles. The summed E-state index contributed by atoms with van der Waals surface area (Å²) in [5.74, 6) is -1.25. The van der Waals surface area contributed by atoms with E-state index in [1.165, 1.54) is 6.92 Å². The van der Waals surface area contributed by atoms with Gasteiger partial charge in [0, 0.05) is 18.8 Å². The fourth-order valence-electron chi connectivity index (χ4n) is 1.50. The summed E-state index contributed by atoms with van der Waals surface area (Å²) in [5, 5.41) is 18.4. The van der Waals surface area contributed by atoms with Gasteiger partial charge in [0.15, 0.2) is 5.60 Å². The van der Waals surface area contributed by atoms with Crippen LogP contribution in [0.15, 0.2) is 30.6 Å². The van der Waals surface area contributed by atoms with Gasteiger partial charge in [-0.2, -0.15) is 0 Å². The molecule has 2 aromatic heterocycles. The minimum atomic E-state index is -1.78. The van der Waals surface area contributed by atoms with E-state index in [0.29, 0.717) is 5.69 Å². The summed E-state index contributed by atoms with van der Waals surface area (Å²) < 4.78 is 1.78. The molecule has 84 valence electrons. The largest absolute Gasteiger partial charge is 0.479 e. The monoisotopic (exact) mass is 220 g/mol. The zero-order valence-electron chi connectivity index (χ0n) is 8.79. The van der Waals surface area contributed by atoms with Crippen LogP contribution in [0, 0.1) is 0 Å². The second kappa shape index (κ2) is 3.61. The van der Waals surface area contributed by atoms with Crippen molar-refractivity contribution in [2.45, 2.75) is 18.9 Å². The number of carboxylic acids is 1. The van der Waals surface area contributed by atoms with Gasteiger partial charge in [0.2, 0.25) is 0 Å². The van der Waals surface area contributed by atoms with Crippen LogP contribution in [0.3, 0.4) is 0 Å². The van der Waals surface area contributed by atoms with Gasteiger partial charge < -0.3 is 14.6 Å². The summed E-state index contributed by atoms with van der Waals surface area (Å²) in [6, 6.07) is 5.52. The molecule has 2 N–H and O–H groups in total. The molecule has 5 heteroatoms. The molecular weight excluding hydrogens is 208 g/mol. The summed E-state index contributed by atoms with van der Waals surface area (Å²) in [6.07, 6.45) is 3.53. The average molecular weight is 220 g/mol. The molecule has 0 bridgehead atoms. The number of aromatic nitrogens is 2. The van der Waals surface area contributed by atoms with Gasteiger partial charge in [-0.15, -0.1) is 0 Å². The van der Waals surface area contributed by atoms with Gasteiger partial charge >= 0.3 is 5.97 Å². The van der Waals surface area contributed by atoms with Gasteiger partial charge in [-0.1, -0.05) is 6.07 Å². The van der Waals surface area contributed by atoms with E-state index in [9.17, 15) is 9.90 Å². The summed E-state index contributed by atoms with van der Waals surface area (Å²) in [6.45, 7) is 1.26. The van der Waals surface area contributed by atoms with Crippen molar-refractivity contribution in [1.82, 2.24) is 9.38 Å². The third kappa shape index (κ3) is 1.90. The number of carboxylic acid groups (broad SMARTS) is 1. The van der Waals surface area contributed by atoms with Crippen LogP contribution >= 0.6 is 0 Å². The minimum Gasteiger partial charge on any atom is -0.479 e. The van der Waals surface area contributed by atoms with Crippen LogP contribution in [0.5, 0.6) is 0 Å². The Morgan fingerprint density at radius 2 is 2.31 bits per heavy atom. The van der Waals surface area contributed by atoms with Crippen molar-refractivity contribution in [3.8, 4) is 0 Å². The number of imidazole rings is 1. The van der Waals surface area contributed by atoms with Gasteiger partial charge in [0.25, 0.3) is 0 Å². The van der Waals surface area contributed by atoms with E-state index in [1.807, 2.05) is 24.4 Å². The Kier molecular flexibility index (Phi) is 2.40. The van der Waals surface area contributed by atoms with Crippen LogP contribution in [0.2, 0.25) is 0 Å². The Morgan fingerprint density at radius 1 is 1.56 bits per heavy atom. The number of fused-ring (bicyclic) bond motifs is 1. The van der Waals surface area contributed by atoms with Crippen molar-refractivity contribution >= 4 is 11.6 Å². The van der Waals surface area contributed by atoms with Crippen molar-refractivity contribution in [3.05, 3.63) is 36.3 Å². The molecule has 5 nitrogen and oxygen atoms in total. The SMILES string of the molecule is CC(O)(Cc1cn2ccccc2n1)C(=O)O. The number of hydrogen-bond acceptors (Lipinski definition) is 3. The normalized spacial score (nSPS) is 14.9. The van der Waals surface area contributed by atoms with Crippen molar-refractivity contribution in [3.63, 3.8) is 0 Å². The molecule has 0 fully saturated rings. The molecule has 0 amide bonds. The lowest BCUT2D eigenvalue weighted by molar-refractivity contribution is -0.156. The second-order valence-corrected chi connectivity index (χ2v) is 3.95. The van der Waals surface area contributed by atoms with E-state index < -0.39 is 11.6 Å². The maximum Gasteiger partial charge on any atom is 0.335 e. The van der Waals surface area contributed by atoms with Crippen molar-refractivity contribution in [1.29, 1.82) is 0 Å². The van der Waals surface area contributed by atoms with Crippen LogP contribution in [-0.4, -0.2) is 31.2 Å². The molecule has 2 rings (SSSR count).